The quantitative estimate of drug-likeness (QED) is 0.367. The van der Waals surface area contributed by atoms with Gasteiger partial charge in [0, 0.05) is 18.8 Å². The van der Waals surface area contributed by atoms with Gasteiger partial charge in [-0.05, 0) is 37.6 Å². The van der Waals surface area contributed by atoms with Crippen LogP contribution in [0.5, 0.6) is 5.75 Å². The lowest BCUT2D eigenvalue weighted by Gasteiger charge is -2.10. The predicted molar refractivity (Wildman–Crippen MR) is 85.3 cm³/mol. The molecular weight excluding hydrogens is 349 g/mol. The van der Waals surface area contributed by atoms with Gasteiger partial charge in [-0.15, -0.1) is 13.2 Å². The van der Waals surface area contributed by atoms with Gasteiger partial charge in [0.05, 0.1) is 5.75 Å². The molecule has 0 bridgehead atoms. The second-order valence-electron chi connectivity index (χ2n) is 4.62. The van der Waals surface area contributed by atoms with Crippen molar-refractivity contribution in [2.75, 3.05) is 24.2 Å². The topological polar surface area (TPSA) is 106 Å². The van der Waals surface area contributed by atoms with Crippen molar-refractivity contribution in [2.45, 2.75) is 19.7 Å². The molecule has 0 saturated heterocycles. The van der Waals surface area contributed by atoms with Gasteiger partial charge in [0.25, 0.3) is 0 Å². The number of anilines is 1. The molecule has 0 atom stereocenters. The van der Waals surface area contributed by atoms with Gasteiger partial charge in [0.15, 0.2) is 5.96 Å². The smallest absolute Gasteiger partial charge is 0.406 e. The third-order valence-corrected chi connectivity index (χ3v) is 4.08. The molecule has 24 heavy (non-hydrogen) atoms. The molecule has 0 fully saturated rings. The maximum atomic E-state index is 12.0. The summed E-state index contributed by atoms with van der Waals surface area (Å²) in [5.41, 5.74) is 6.07. The highest BCUT2D eigenvalue weighted by molar-refractivity contribution is 7.89. The first-order valence-corrected chi connectivity index (χ1v) is 8.66. The van der Waals surface area contributed by atoms with Crippen LogP contribution in [0.4, 0.5) is 18.9 Å². The van der Waals surface area contributed by atoms with E-state index in [2.05, 4.69) is 19.8 Å². The van der Waals surface area contributed by atoms with Crippen LogP contribution in [0.1, 0.15) is 13.3 Å². The fourth-order valence-electron chi connectivity index (χ4n) is 1.54. The van der Waals surface area contributed by atoms with Gasteiger partial charge in [-0.3, -0.25) is 4.99 Å². The summed E-state index contributed by atoms with van der Waals surface area (Å²) >= 11 is 0. The van der Waals surface area contributed by atoms with Gasteiger partial charge in [-0.25, -0.2) is 13.1 Å². The Hall–Kier alpha value is -2.01. The van der Waals surface area contributed by atoms with E-state index in [1.165, 1.54) is 19.1 Å². The molecule has 4 N–H and O–H groups in total. The molecule has 7 nitrogen and oxygen atoms in total. The number of aliphatic imine (C=N–C) groups is 1. The van der Waals surface area contributed by atoms with Crippen molar-refractivity contribution in [1.29, 1.82) is 0 Å². The van der Waals surface area contributed by atoms with Crippen LogP contribution in [0.3, 0.4) is 0 Å². The van der Waals surface area contributed by atoms with E-state index in [1.54, 1.807) is 0 Å². The Labute approximate surface area is 138 Å². The van der Waals surface area contributed by atoms with Gasteiger partial charge in [-0.1, -0.05) is 0 Å². The Morgan fingerprint density at radius 1 is 1.29 bits per heavy atom. The Morgan fingerprint density at radius 3 is 2.46 bits per heavy atom. The van der Waals surface area contributed by atoms with Crippen LogP contribution < -0.4 is 20.5 Å². The van der Waals surface area contributed by atoms with Crippen LogP contribution in [0.15, 0.2) is 29.3 Å². The van der Waals surface area contributed by atoms with Crippen molar-refractivity contribution in [2.24, 2.45) is 10.7 Å². The van der Waals surface area contributed by atoms with E-state index in [-0.39, 0.29) is 24.0 Å². The van der Waals surface area contributed by atoms with Crippen LogP contribution in [0.2, 0.25) is 0 Å². The van der Waals surface area contributed by atoms with Crippen LogP contribution in [-0.2, 0) is 10.0 Å². The Kier molecular flexibility index (Phi) is 7.29. The van der Waals surface area contributed by atoms with Gasteiger partial charge < -0.3 is 15.8 Å². The largest absolute Gasteiger partial charge is 0.573 e. The summed E-state index contributed by atoms with van der Waals surface area (Å²) < 4.78 is 64.6. The number of guanidine groups is 1. The highest BCUT2D eigenvalue weighted by Gasteiger charge is 2.30. The standard InChI is InChI=1S/C13H19F3N4O3S/c1-2-24(21,22)19-9-3-8-18-12(17)20-10-4-6-11(7-5-10)23-13(14,15)16/h4-7,19H,2-3,8-9H2,1H3,(H3,17,18,20). The molecule has 1 rings (SSSR count). The summed E-state index contributed by atoms with van der Waals surface area (Å²) in [5.74, 6) is -0.266. The highest BCUT2D eigenvalue weighted by atomic mass is 32.2. The number of hydrogen-bond acceptors (Lipinski definition) is 4. The SMILES string of the molecule is CCS(=O)(=O)NCCCN=C(N)Nc1ccc(OC(F)(F)F)cc1. The number of nitrogens with one attached hydrogen (secondary N) is 2. The molecule has 1 aromatic carbocycles. The zero-order valence-electron chi connectivity index (χ0n) is 12.9. The number of rotatable bonds is 8. The number of nitrogens with two attached hydrogens (primary N) is 1. The Bertz CT molecular complexity index is 645. The lowest BCUT2D eigenvalue weighted by atomic mass is 10.3. The third kappa shape index (κ3) is 8.58. The van der Waals surface area contributed by atoms with Crippen molar-refractivity contribution in [3.8, 4) is 5.75 Å². The molecule has 1 aromatic rings. The van der Waals surface area contributed by atoms with Crippen molar-refractivity contribution >= 4 is 21.7 Å². The van der Waals surface area contributed by atoms with E-state index in [0.717, 1.165) is 12.1 Å². The monoisotopic (exact) mass is 368 g/mol. The summed E-state index contributed by atoms with van der Waals surface area (Å²) in [5, 5.41) is 2.70. The van der Waals surface area contributed by atoms with E-state index >= 15 is 0 Å². The molecular formula is C13H19F3N4O3S. The lowest BCUT2D eigenvalue weighted by Crippen LogP contribution is -2.27. The normalized spacial score (nSPS) is 12.9. The van der Waals surface area contributed by atoms with Crippen molar-refractivity contribution in [3.05, 3.63) is 24.3 Å². The van der Waals surface area contributed by atoms with E-state index in [4.69, 9.17) is 5.73 Å². The minimum Gasteiger partial charge on any atom is -0.406 e. The first kappa shape index (κ1) is 20.0. The average molecular weight is 368 g/mol. The minimum absolute atomic E-state index is 0.00795. The predicted octanol–water partition coefficient (Wildman–Crippen LogP) is 1.64. The van der Waals surface area contributed by atoms with Gasteiger partial charge in [-0.2, -0.15) is 0 Å². The molecule has 0 aliphatic heterocycles. The van der Waals surface area contributed by atoms with Crippen molar-refractivity contribution in [1.82, 2.24) is 4.72 Å². The summed E-state index contributed by atoms with van der Waals surface area (Å²) in [6.45, 7) is 2.07. The number of benzene rings is 1. The maximum absolute atomic E-state index is 12.0. The molecule has 0 unspecified atom stereocenters. The van der Waals surface area contributed by atoms with Crippen LogP contribution in [0, 0.1) is 0 Å². The highest BCUT2D eigenvalue weighted by Crippen LogP contribution is 2.23. The van der Waals surface area contributed by atoms with Gasteiger partial charge in [0.2, 0.25) is 10.0 Å². The van der Waals surface area contributed by atoms with Crippen LogP contribution >= 0.6 is 0 Å². The van der Waals surface area contributed by atoms with E-state index in [0.29, 0.717) is 18.7 Å². The molecule has 0 aliphatic rings. The molecule has 0 aromatic heterocycles. The molecule has 0 amide bonds. The zero-order chi connectivity index (χ0) is 18.2. The molecule has 136 valence electrons. The van der Waals surface area contributed by atoms with E-state index in [1.807, 2.05) is 0 Å². The maximum Gasteiger partial charge on any atom is 0.573 e. The van der Waals surface area contributed by atoms with E-state index in [9.17, 15) is 21.6 Å². The van der Waals surface area contributed by atoms with Gasteiger partial charge in [0.1, 0.15) is 5.75 Å². The summed E-state index contributed by atoms with van der Waals surface area (Å²) in [6.07, 6.45) is -4.28. The van der Waals surface area contributed by atoms with Gasteiger partial charge >= 0.3 is 6.36 Å². The molecule has 11 heteroatoms. The van der Waals surface area contributed by atoms with Crippen molar-refractivity contribution < 1.29 is 26.3 Å². The average Bonchev–Trinajstić information content (AvgIpc) is 2.47. The number of sulfonamides is 1. The Balaban J connectivity index is 2.40. The first-order chi connectivity index (χ1) is 11.1. The number of ether oxygens (including phenoxy) is 1. The first-order valence-electron chi connectivity index (χ1n) is 7.01. The fraction of sp³-hybridized carbons (Fsp3) is 0.462. The number of alkyl halides is 3. The molecule has 0 heterocycles. The van der Waals surface area contributed by atoms with Crippen LogP contribution in [-0.4, -0.2) is 39.6 Å². The van der Waals surface area contributed by atoms with Crippen molar-refractivity contribution in [3.63, 3.8) is 0 Å². The Morgan fingerprint density at radius 2 is 1.92 bits per heavy atom. The summed E-state index contributed by atoms with van der Waals surface area (Å²) in [7, 11) is -3.22. The number of hydrogen-bond donors (Lipinski definition) is 3. The molecule has 0 saturated carbocycles. The number of halogens is 3. The lowest BCUT2D eigenvalue weighted by molar-refractivity contribution is -0.274. The molecule has 0 aliphatic carbocycles. The fourth-order valence-corrected chi connectivity index (χ4v) is 2.20. The zero-order valence-corrected chi connectivity index (χ0v) is 13.7. The number of nitrogens with zero attached hydrogens (tertiary/aromatic N) is 1. The van der Waals surface area contributed by atoms with Crippen LogP contribution in [0.25, 0.3) is 0 Å². The molecule has 0 spiro atoms. The second kappa shape index (κ2) is 8.73. The molecule has 0 radical (unpaired) electrons. The second-order valence-corrected chi connectivity index (χ2v) is 6.71. The minimum atomic E-state index is -4.74. The summed E-state index contributed by atoms with van der Waals surface area (Å²) in [6, 6.07) is 5.00. The van der Waals surface area contributed by atoms with E-state index < -0.39 is 16.4 Å². The summed E-state index contributed by atoms with van der Waals surface area (Å²) in [4.78, 5) is 3.98. The third-order valence-electron chi connectivity index (χ3n) is 2.68.